The van der Waals surface area contributed by atoms with Gasteiger partial charge in [-0.05, 0) is 42.8 Å². The van der Waals surface area contributed by atoms with Gasteiger partial charge in [0.25, 0.3) is 0 Å². The molecule has 6 nitrogen and oxygen atoms in total. The van der Waals surface area contributed by atoms with Gasteiger partial charge in [-0.3, -0.25) is 0 Å². The summed E-state index contributed by atoms with van der Waals surface area (Å²) in [4.78, 5) is 16.6. The molecule has 0 amide bonds. The third-order valence-electron chi connectivity index (χ3n) is 3.92. The lowest BCUT2D eigenvalue weighted by molar-refractivity contribution is 0.0444. The molecule has 0 saturated carbocycles. The summed E-state index contributed by atoms with van der Waals surface area (Å²) in [5.41, 5.74) is 2.22. The maximum Gasteiger partial charge on any atom is 0.357 e. The van der Waals surface area contributed by atoms with Crippen molar-refractivity contribution in [1.82, 2.24) is 4.98 Å². The Hall–Kier alpha value is -3.06. The normalized spacial score (nSPS) is 10.4. The highest BCUT2D eigenvalue weighted by Gasteiger charge is 2.15. The maximum atomic E-state index is 12.2. The Bertz CT molecular complexity index is 953. The van der Waals surface area contributed by atoms with Gasteiger partial charge < -0.3 is 18.9 Å². The highest BCUT2D eigenvalue weighted by atomic mass is 32.1. The number of esters is 1. The van der Waals surface area contributed by atoms with Crippen molar-refractivity contribution in [2.45, 2.75) is 6.92 Å². The summed E-state index contributed by atoms with van der Waals surface area (Å²) in [6, 6.07) is 13.2. The molecule has 0 unspecified atom stereocenters. The van der Waals surface area contributed by atoms with Gasteiger partial charge in [-0.15, -0.1) is 11.3 Å². The average molecular weight is 399 g/mol. The van der Waals surface area contributed by atoms with Crippen molar-refractivity contribution in [2.24, 2.45) is 0 Å². The molecule has 0 fully saturated rings. The summed E-state index contributed by atoms with van der Waals surface area (Å²) < 4.78 is 21.4. The number of ether oxygens (including phenoxy) is 4. The largest absolute Gasteiger partial charge is 0.493 e. The second-order valence-corrected chi connectivity index (χ2v) is 6.77. The summed E-state index contributed by atoms with van der Waals surface area (Å²) in [5, 5.41) is 2.37. The monoisotopic (exact) mass is 399 g/mol. The van der Waals surface area contributed by atoms with E-state index in [1.807, 2.05) is 43.3 Å². The number of rotatable bonds is 8. The SMILES string of the molecule is COc1ccc(-c2nc(C(=O)OCCOc3cccc(C)c3)cs2)cc1OC. The van der Waals surface area contributed by atoms with Crippen LogP contribution < -0.4 is 14.2 Å². The minimum absolute atomic E-state index is 0.149. The van der Waals surface area contributed by atoms with Crippen molar-refractivity contribution in [3.8, 4) is 27.8 Å². The summed E-state index contributed by atoms with van der Waals surface area (Å²) in [6.07, 6.45) is 0. The number of aryl methyl sites for hydroxylation is 1. The molecular formula is C21H21NO5S. The van der Waals surface area contributed by atoms with Crippen LogP contribution >= 0.6 is 11.3 Å². The highest BCUT2D eigenvalue weighted by molar-refractivity contribution is 7.13. The highest BCUT2D eigenvalue weighted by Crippen LogP contribution is 2.33. The lowest BCUT2D eigenvalue weighted by Crippen LogP contribution is -2.12. The molecule has 3 aromatic rings. The van der Waals surface area contributed by atoms with E-state index in [9.17, 15) is 4.79 Å². The fourth-order valence-corrected chi connectivity index (χ4v) is 3.33. The van der Waals surface area contributed by atoms with E-state index in [2.05, 4.69) is 4.98 Å². The molecule has 0 radical (unpaired) electrons. The predicted octanol–water partition coefficient (Wildman–Crippen LogP) is 4.37. The van der Waals surface area contributed by atoms with Gasteiger partial charge in [-0.2, -0.15) is 0 Å². The van der Waals surface area contributed by atoms with Gasteiger partial charge in [0, 0.05) is 10.9 Å². The molecule has 0 saturated heterocycles. The first kappa shape index (κ1) is 19.7. The molecule has 0 aliphatic heterocycles. The zero-order valence-corrected chi connectivity index (χ0v) is 16.7. The molecule has 2 aromatic carbocycles. The van der Waals surface area contributed by atoms with Gasteiger partial charge in [-0.25, -0.2) is 9.78 Å². The van der Waals surface area contributed by atoms with E-state index in [1.54, 1.807) is 25.7 Å². The number of nitrogens with zero attached hydrogens (tertiary/aromatic N) is 1. The van der Waals surface area contributed by atoms with E-state index >= 15 is 0 Å². The number of hydrogen-bond donors (Lipinski definition) is 0. The third-order valence-corrected chi connectivity index (χ3v) is 4.81. The van der Waals surface area contributed by atoms with Crippen LogP contribution in [-0.2, 0) is 4.74 Å². The van der Waals surface area contributed by atoms with Crippen molar-refractivity contribution in [3.05, 3.63) is 59.1 Å². The van der Waals surface area contributed by atoms with E-state index in [-0.39, 0.29) is 18.9 Å². The summed E-state index contributed by atoms with van der Waals surface area (Å²) >= 11 is 1.36. The molecule has 0 spiro atoms. The van der Waals surface area contributed by atoms with Crippen LogP contribution in [0.2, 0.25) is 0 Å². The van der Waals surface area contributed by atoms with Gasteiger partial charge in [0.15, 0.2) is 17.2 Å². The maximum absolute atomic E-state index is 12.2. The number of benzene rings is 2. The first-order valence-electron chi connectivity index (χ1n) is 8.65. The Labute approximate surface area is 167 Å². The van der Waals surface area contributed by atoms with Crippen LogP contribution in [-0.4, -0.2) is 38.4 Å². The third kappa shape index (κ3) is 4.80. The zero-order chi connectivity index (χ0) is 19.9. The number of hydrogen-bond acceptors (Lipinski definition) is 7. The van der Waals surface area contributed by atoms with Crippen molar-refractivity contribution < 1.29 is 23.7 Å². The van der Waals surface area contributed by atoms with Gasteiger partial charge >= 0.3 is 5.97 Å². The molecule has 28 heavy (non-hydrogen) atoms. The first-order valence-corrected chi connectivity index (χ1v) is 9.53. The fourth-order valence-electron chi connectivity index (χ4n) is 2.54. The van der Waals surface area contributed by atoms with Crippen LogP contribution in [0.4, 0.5) is 0 Å². The minimum Gasteiger partial charge on any atom is -0.493 e. The number of aromatic nitrogens is 1. The van der Waals surface area contributed by atoms with Crippen LogP contribution in [0.1, 0.15) is 16.1 Å². The lowest BCUT2D eigenvalue weighted by Gasteiger charge is -2.08. The molecule has 0 aliphatic carbocycles. The number of methoxy groups -OCH3 is 2. The molecule has 3 rings (SSSR count). The quantitative estimate of drug-likeness (QED) is 0.414. The molecule has 0 bridgehead atoms. The Morgan fingerprint density at radius 3 is 2.61 bits per heavy atom. The molecule has 0 aliphatic rings. The molecule has 1 aromatic heterocycles. The Balaban J connectivity index is 1.56. The van der Waals surface area contributed by atoms with E-state index in [4.69, 9.17) is 18.9 Å². The molecular weight excluding hydrogens is 378 g/mol. The van der Waals surface area contributed by atoms with E-state index in [1.165, 1.54) is 11.3 Å². The standard InChI is InChI=1S/C21H21NO5S/c1-14-5-4-6-16(11-14)26-9-10-27-21(23)17-13-28-20(22-17)15-7-8-18(24-2)19(12-15)25-3/h4-8,11-13H,9-10H2,1-3H3. The Morgan fingerprint density at radius 2 is 1.86 bits per heavy atom. The molecule has 0 atom stereocenters. The average Bonchev–Trinajstić information content (AvgIpc) is 3.21. The van der Waals surface area contributed by atoms with Crippen LogP contribution in [0.15, 0.2) is 47.8 Å². The molecule has 1 heterocycles. The smallest absolute Gasteiger partial charge is 0.357 e. The van der Waals surface area contributed by atoms with Gasteiger partial charge in [-0.1, -0.05) is 12.1 Å². The first-order chi connectivity index (χ1) is 13.6. The van der Waals surface area contributed by atoms with Gasteiger partial charge in [0.2, 0.25) is 0 Å². The number of carbonyl (C=O) groups is 1. The fraction of sp³-hybridized carbons (Fsp3) is 0.238. The van der Waals surface area contributed by atoms with E-state index in [0.29, 0.717) is 16.5 Å². The van der Waals surface area contributed by atoms with Crippen LogP contribution in [0.3, 0.4) is 0 Å². The summed E-state index contributed by atoms with van der Waals surface area (Å²) in [5.74, 6) is 1.51. The summed E-state index contributed by atoms with van der Waals surface area (Å²) in [7, 11) is 3.16. The second-order valence-electron chi connectivity index (χ2n) is 5.91. The zero-order valence-electron chi connectivity index (χ0n) is 15.9. The van der Waals surface area contributed by atoms with Crippen molar-refractivity contribution in [3.63, 3.8) is 0 Å². The van der Waals surface area contributed by atoms with E-state index in [0.717, 1.165) is 16.9 Å². The second kappa shape index (κ2) is 9.23. The molecule has 7 heteroatoms. The Morgan fingerprint density at radius 1 is 1.04 bits per heavy atom. The minimum atomic E-state index is -0.476. The van der Waals surface area contributed by atoms with Gasteiger partial charge in [0.1, 0.15) is 24.0 Å². The topological polar surface area (TPSA) is 66.9 Å². The van der Waals surface area contributed by atoms with Crippen molar-refractivity contribution in [1.29, 1.82) is 0 Å². The number of thiazole rings is 1. The van der Waals surface area contributed by atoms with Crippen LogP contribution in [0.5, 0.6) is 17.2 Å². The number of carbonyl (C=O) groups excluding carboxylic acids is 1. The van der Waals surface area contributed by atoms with E-state index < -0.39 is 5.97 Å². The Kier molecular flexibility index (Phi) is 6.49. The van der Waals surface area contributed by atoms with Crippen molar-refractivity contribution >= 4 is 17.3 Å². The van der Waals surface area contributed by atoms with Crippen LogP contribution in [0.25, 0.3) is 10.6 Å². The lowest BCUT2D eigenvalue weighted by atomic mass is 10.2. The molecule has 146 valence electrons. The van der Waals surface area contributed by atoms with Crippen molar-refractivity contribution in [2.75, 3.05) is 27.4 Å². The summed E-state index contributed by atoms with van der Waals surface area (Å²) in [6.45, 7) is 2.42. The molecule has 0 N–H and O–H groups in total. The van der Waals surface area contributed by atoms with Gasteiger partial charge in [0.05, 0.1) is 14.2 Å². The van der Waals surface area contributed by atoms with Crippen LogP contribution in [0, 0.1) is 6.92 Å². The predicted molar refractivity (Wildman–Crippen MR) is 108 cm³/mol.